The number of hydrogen-bond donors (Lipinski definition) is 1. The van der Waals surface area contributed by atoms with Gasteiger partial charge in [-0.2, -0.15) is 0 Å². The lowest BCUT2D eigenvalue weighted by Gasteiger charge is -2.54. The molecule has 1 rings (SSSR count). The minimum Gasteiger partial charge on any atom is -0.461 e. The number of rotatable bonds is 10. The maximum absolute atomic E-state index is 14.0. The van der Waals surface area contributed by atoms with E-state index in [0.29, 0.717) is 4.90 Å². The lowest BCUT2D eigenvalue weighted by Crippen LogP contribution is -2.77. The Kier molecular flexibility index (Phi) is 12.3. The summed E-state index contributed by atoms with van der Waals surface area (Å²) >= 11 is 4.53. The number of imide groups is 1. The summed E-state index contributed by atoms with van der Waals surface area (Å²) < 4.78 is 13.0. The van der Waals surface area contributed by atoms with E-state index in [0.717, 1.165) is 37.7 Å². The Morgan fingerprint density at radius 1 is 0.895 bits per heavy atom. The Bertz CT molecular complexity index is 1150. The second kappa shape index (κ2) is 13.8. The fourth-order valence-corrected chi connectivity index (χ4v) is 8.83. The van der Waals surface area contributed by atoms with Gasteiger partial charge in [-0.05, 0) is 57.3 Å². The summed E-state index contributed by atoms with van der Waals surface area (Å²) in [4.78, 5) is 88.9. The van der Waals surface area contributed by atoms with Gasteiger partial charge in [0.1, 0.15) is 6.61 Å². The van der Waals surface area contributed by atoms with Gasteiger partial charge in [-0.25, -0.2) is 8.01 Å². The number of esters is 3. The number of halogens is 3. The van der Waals surface area contributed by atoms with Gasteiger partial charge in [0.25, 0.3) is 5.91 Å². The van der Waals surface area contributed by atoms with Crippen LogP contribution in [0.1, 0.15) is 55.3 Å². The smallest absolute Gasteiger partial charge is 0.304 e. The molecule has 0 radical (unpaired) electrons. The van der Waals surface area contributed by atoms with Crippen LogP contribution in [0.3, 0.4) is 0 Å². The topological polar surface area (TPSA) is 180 Å². The number of primary amides is 1. The molecule has 1 aromatic rings. The van der Waals surface area contributed by atoms with Crippen LogP contribution in [0.2, 0.25) is 0 Å². The number of alkyl halides is 2. The molecule has 208 valence electrons. The maximum atomic E-state index is 14.0. The van der Waals surface area contributed by atoms with Gasteiger partial charge in [-0.3, -0.25) is 33.6 Å². The highest BCUT2D eigenvalue weighted by atomic mass is 127. The molecule has 2 N–H and O–H groups in total. The molecule has 1 aromatic carbocycles. The summed E-state index contributed by atoms with van der Waals surface area (Å²) in [5.41, 5.74) is 2.50. The molecule has 3 atom stereocenters. The molecule has 0 fully saturated rings. The fraction of sp³-hybridized carbons (Fsp3) is 0.409. The Morgan fingerprint density at radius 3 is 1.79 bits per heavy atom. The minimum atomic E-state index is -2.50. The van der Waals surface area contributed by atoms with Crippen molar-refractivity contribution in [3.05, 3.63) is 35.4 Å². The van der Waals surface area contributed by atoms with E-state index in [1.807, 2.05) is 0 Å². The van der Waals surface area contributed by atoms with E-state index in [1.54, 1.807) is 22.6 Å². The van der Waals surface area contributed by atoms with Crippen LogP contribution in [0.5, 0.6) is 0 Å². The highest BCUT2D eigenvalue weighted by molar-refractivity contribution is 14.1. The van der Waals surface area contributed by atoms with Crippen molar-refractivity contribution < 1.29 is 47.8 Å². The average molecular weight is 871 g/mol. The number of nitrogens with two attached hydrogens (primary N) is 1. The molecule has 0 saturated heterocycles. The van der Waals surface area contributed by atoms with Crippen LogP contribution in [0.25, 0.3) is 0 Å². The molecule has 0 aliphatic heterocycles. The third kappa shape index (κ3) is 7.30. The summed E-state index contributed by atoms with van der Waals surface area (Å²) in [5, 5.41) is 0. The summed E-state index contributed by atoms with van der Waals surface area (Å²) in [6, 6.07) is 5.45. The van der Waals surface area contributed by atoms with Gasteiger partial charge in [0.05, 0.1) is 34.0 Å². The lowest BCUT2D eigenvalue weighted by molar-refractivity contribution is -0.198. The molecular formula is C22H24I3N3O10. The first-order valence-corrected chi connectivity index (χ1v) is 13.8. The standard InChI is InChI=1S/C22H24I3N3O10/c1-11(29)27(12(2)30)22(20(23)37-14(4)32,21(24,38-15(5)33)10-36-13(3)31)28(25)19(35)17-9-7-6-8-16(17)18(26)34/h6-9,20H,10H2,1-5H3,(H2,26,34). The summed E-state index contributed by atoms with van der Waals surface area (Å²) in [6.45, 7) is 4.30. The first-order valence-electron chi connectivity index (χ1n) is 10.5. The van der Waals surface area contributed by atoms with Crippen LogP contribution in [-0.2, 0) is 38.2 Å². The third-order valence-corrected chi connectivity index (χ3v) is 8.40. The van der Waals surface area contributed by atoms with Crippen molar-refractivity contribution in [2.75, 3.05) is 6.61 Å². The Morgan fingerprint density at radius 2 is 1.39 bits per heavy atom. The molecule has 0 saturated carbocycles. The largest absolute Gasteiger partial charge is 0.461 e. The first-order chi connectivity index (χ1) is 17.4. The van der Waals surface area contributed by atoms with Gasteiger partial charge in [0, 0.05) is 34.6 Å². The van der Waals surface area contributed by atoms with Crippen molar-refractivity contribution in [1.82, 2.24) is 8.01 Å². The molecule has 16 heteroatoms. The van der Waals surface area contributed by atoms with Crippen LogP contribution >= 0.6 is 68.0 Å². The van der Waals surface area contributed by atoms with Crippen molar-refractivity contribution in [3.8, 4) is 0 Å². The van der Waals surface area contributed by atoms with Crippen molar-refractivity contribution in [1.29, 1.82) is 0 Å². The van der Waals surface area contributed by atoms with Crippen molar-refractivity contribution in [3.63, 3.8) is 0 Å². The number of carbonyl (C=O) groups is 7. The molecule has 0 aromatic heterocycles. The highest BCUT2D eigenvalue weighted by Crippen LogP contribution is 2.49. The predicted octanol–water partition coefficient (Wildman–Crippen LogP) is 2.25. The van der Waals surface area contributed by atoms with Crippen LogP contribution < -0.4 is 5.73 Å². The van der Waals surface area contributed by atoms with Gasteiger partial charge in [0.2, 0.25) is 27.0 Å². The quantitative estimate of drug-likeness (QED) is 0.0916. The van der Waals surface area contributed by atoms with Crippen molar-refractivity contribution >= 4 is 110 Å². The van der Waals surface area contributed by atoms with Crippen LogP contribution in [-0.4, -0.2) is 69.5 Å². The second-order valence-electron chi connectivity index (χ2n) is 7.62. The van der Waals surface area contributed by atoms with E-state index >= 15 is 0 Å². The first kappa shape index (κ1) is 33.9. The fourth-order valence-electron chi connectivity index (χ4n) is 3.47. The SMILES string of the molecule is CC(=O)OCC(I)(OC(C)=O)C(C(I)OC(C)=O)(N(I)C(=O)c1ccccc1C(N)=O)N(C(C)=O)C(C)=O. The molecule has 0 bridgehead atoms. The Balaban J connectivity index is 4.29. The van der Waals surface area contributed by atoms with E-state index in [9.17, 15) is 33.6 Å². The van der Waals surface area contributed by atoms with Crippen LogP contribution in [0.4, 0.5) is 0 Å². The number of nitrogens with zero attached hydrogens (tertiary/aromatic N) is 2. The predicted molar refractivity (Wildman–Crippen MR) is 156 cm³/mol. The third-order valence-electron chi connectivity index (χ3n) is 4.77. The molecule has 0 heterocycles. The molecule has 3 unspecified atom stereocenters. The molecular weight excluding hydrogens is 847 g/mol. The second-order valence-corrected chi connectivity index (χ2v) is 11.5. The van der Waals surface area contributed by atoms with Crippen LogP contribution in [0.15, 0.2) is 24.3 Å². The van der Waals surface area contributed by atoms with E-state index < -0.39 is 61.5 Å². The minimum absolute atomic E-state index is 0.200. The van der Waals surface area contributed by atoms with Gasteiger partial charge < -0.3 is 19.9 Å². The molecule has 13 nitrogen and oxygen atoms in total. The summed E-state index contributed by atoms with van der Waals surface area (Å²) in [5.74, 6) is -6.50. The van der Waals surface area contributed by atoms with Gasteiger partial charge >= 0.3 is 17.9 Å². The van der Waals surface area contributed by atoms with Crippen molar-refractivity contribution in [2.24, 2.45) is 5.73 Å². The van der Waals surface area contributed by atoms with Gasteiger partial charge in [-0.1, -0.05) is 12.1 Å². The zero-order chi connectivity index (χ0) is 29.6. The zero-order valence-corrected chi connectivity index (χ0v) is 27.3. The average Bonchev–Trinajstić information content (AvgIpc) is 2.78. The molecule has 38 heavy (non-hydrogen) atoms. The van der Waals surface area contributed by atoms with Crippen LogP contribution in [0, 0.1) is 0 Å². The van der Waals surface area contributed by atoms with Crippen molar-refractivity contribution in [2.45, 2.75) is 48.0 Å². The summed E-state index contributed by atoms with van der Waals surface area (Å²) in [7, 11) is 0. The summed E-state index contributed by atoms with van der Waals surface area (Å²) in [6.07, 6.45) is 0. The number of hydrogen-bond acceptors (Lipinski definition) is 10. The number of carbonyl (C=O) groups excluding carboxylic acids is 7. The molecule has 0 aliphatic carbocycles. The normalized spacial score (nSPS) is 14.5. The van der Waals surface area contributed by atoms with Gasteiger partial charge in [-0.15, -0.1) is 0 Å². The van der Waals surface area contributed by atoms with E-state index in [2.05, 4.69) is 0 Å². The number of amides is 4. The molecule has 0 spiro atoms. The maximum Gasteiger partial charge on any atom is 0.304 e. The van der Waals surface area contributed by atoms with E-state index in [1.165, 1.54) is 69.7 Å². The van der Waals surface area contributed by atoms with E-state index in [-0.39, 0.29) is 11.1 Å². The Labute approximate surface area is 259 Å². The molecule has 0 aliphatic rings. The Hall–Kier alpha value is -2.10. The monoisotopic (exact) mass is 871 g/mol. The van der Waals surface area contributed by atoms with Gasteiger partial charge in [0.15, 0.2) is 4.11 Å². The molecule has 4 amide bonds. The van der Waals surface area contributed by atoms with E-state index in [4.69, 9.17) is 19.9 Å². The zero-order valence-electron chi connectivity index (χ0n) is 20.8. The number of ether oxygens (including phenoxy) is 3. The lowest BCUT2D eigenvalue weighted by atomic mass is 9.98. The number of benzene rings is 1. The highest BCUT2D eigenvalue weighted by Gasteiger charge is 2.69.